The third kappa shape index (κ3) is 14.6. The maximum absolute atomic E-state index is 11.3. The molecule has 0 spiro atoms. The Bertz CT molecular complexity index is 954. The van der Waals surface area contributed by atoms with Gasteiger partial charge in [-0.05, 0) is 113 Å². The lowest BCUT2D eigenvalue weighted by molar-refractivity contribution is -0.139. The van der Waals surface area contributed by atoms with Crippen LogP contribution in [0, 0.1) is 0 Å². The summed E-state index contributed by atoms with van der Waals surface area (Å²) >= 11 is 0. The summed E-state index contributed by atoms with van der Waals surface area (Å²) in [7, 11) is 0. The molecule has 0 unspecified atom stereocenters. The fraction of sp³-hybridized carbons (Fsp3) is 0.471. The number of ether oxygens (including phenoxy) is 4. The Balaban J connectivity index is 1.51. The standard InChI is InChI=1S/C34H46O6/c1-27(2)33(35)39-25-11-7-5-9-23-37-31-19-15-29(16-20-31)13-14-30-17-21-32(22-18-30)38-24-10-6-8-12-26-40-34(36)28(3)4/h15-22H,1,3,5-14,23-26H2,2,4H3. The summed E-state index contributed by atoms with van der Waals surface area (Å²) in [6.45, 7) is 12.7. The number of unbranched alkanes of at least 4 members (excludes halogenated alkanes) is 6. The molecule has 2 rings (SSSR count). The van der Waals surface area contributed by atoms with Crippen molar-refractivity contribution in [3.63, 3.8) is 0 Å². The Kier molecular flexibility index (Phi) is 15.9. The maximum Gasteiger partial charge on any atom is 0.333 e. The van der Waals surface area contributed by atoms with Crippen molar-refractivity contribution < 1.29 is 28.5 Å². The molecule has 0 N–H and O–H groups in total. The maximum atomic E-state index is 11.3. The summed E-state index contributed by atoms with van der Waals surface area (Å²) in [6.07, 6.45) is 9.73. The molecule has 0 bridgehead atoms. The molecule has 0 amide bonds. The van der Waals surface area contributed by atoms with Gasteiger partial charge in [-0.2, -0.15) is 0 Å². The first-order valence-corrected chi connectivity index (χ1v) is 14.4. The number of hydrogen-bond acceptors (Lipinski definition) is 6. The lowest BCUT2D eigenvalue weighted by Crippen LogP contribution is -2.06. The van der Waals surface area contributed by atoms with Crippen molar-refractivity contribution in [3.8, 4) is 11.5 Å². The van der Waals surface area contributed by atoms with Crippen LogP contribution in [0.1, 0.15) is 76.3 Å². The first kappa shape index (κ1) is 32.7. The molecular formula is C34H46O6. The minimum Gasteiger partial charge on any atom is -0.494 e. The Morgan fingerprint density at radius 3 is 1.18 bits per heavy atom. The zero-order chi connectivity index (χ0) is 29.0. The highest BCUT2D eigenvalue weighted by molar-refractivity contribution is 5.87. The predicted molar refractivity (Wildman–Crippen MR) is 160 cm³/mol. The third-order valence-corrected chi connectivity index (χ3v) is 6.33. The van der Waals surface area contributed by atoms with Crippen LogP contribution < -0.4 is 9.47 Å². The Labute approximate surface area is 240 Å². The average Bonchev–Trinajstić information content (AvgIpc) is 2.95. The van der Waals surface area contributed by atoms with E-state index in [1.54, 1.807) is 13.8 Å². The molecule has 6 nitrogen and oxygen atoms in total. The molecule has 0 aliphatic heterocycles. The minimum atomic E-state index is -0.313. The number of benzene rings is 2. The smallest absolute Gasteiger partial charge is 0.333 e. The summed E-state index contributed by atoms with van der Waals surface area (Å²) in [6, 6.07) is 16.7. The second kappa shape index (κ2) is 19.5. The van der Waals surface area contributed by atoms with Crippen LogP contribution in [0.5, 0.6) is 11.5 Å². The van der Waals surface area contributed by atoms with Crippen LogP contribution in [0.4, 0.5) is 0 Å². The van der Waals surface area contributed by atoms with E-state index in [1.807, 2.05) is 24.3 Å². The van der Waals surface area contributed by atoms with E-state index in [-0.39, 0.29) is 11.9 Å². The zero-order valence-electron chi connectivity index (χ0n) is 24.4. The second-order valence-electron chi connectivity index (χ2n) is 10.1. The summed E-state index contributed by atoms with van der Waals surface area (Å²) in [5.41, 5.74) is 3.45. The number of hydrogen-bond donors (Lipinski definition) is 0. The van der Waals surface area contributed by atoms with Gasteiger partial charge in [0, 0.05) is 11.1 Å². The molecule has 6 heteroatoms. The van der Waals surface area contributed by atoms with Crippen LogP contribution in [0.3, 0.4) is 0 Å². The monoisotopic (exact) mass is 550 g/mol. The van der Waals surface area contributed by atoms with E-state index in [0.29, 0.717) is 37.6 Å². The summed E-state index contributed by atoms with van der Waals surface area (Å²) in [5, 5.41) is 0. The Morgan fingerprint density at radius 2 is 0.850 bits per heavy atom. The van der Waals surface area contributed by atoms with E-state index in [1.165, 1.54) is 11.1 Å². The highest BCUT2D eigenvalue weighted by Crippen LogP contribution is 2.17. The number of carbonyl (C=O) groups excluding carboxylic acids is 2. The van der Waals surface area contributed by atoms with Crippen molar-refractivity contribution >= 4 is 11.9 Å². The van der Waals surface area contributed by atoms with Crippen molar-refractivity contribution in [1.29, 1.82) is 0 Å². The molecule has 0 saturated heterocycles. The Morgan fingerprint density at radius 1 is 0.525 bits per heavy atom. The molecule has 0 saturated carbocycles. The molecule has 0 heterocycles. The summed E-state index contributed by atoms with van der Waals surface area (Å²) in [4.78, 5) is 22.6. The van der Waals surface area contributed by atoms with Crippen LogP contribution in [0.15, 0.2) is 72.8 Å². The molecule has 2 aromatic rings. The molecular weight excluding hydrogens is 504 g/mol. The van der Waals surface area contributed by atoms with Gasteiger partial charge in [0.15, 0.2) is 0 Å². The van der Waals surface area contributed by atoms with Gasteiger partial charge < -0.3 is 18.9 Å². The zero-order valence-corrected chi connectivity index (χ0v) is 24.4. The third-order valence-electron chi connectivity index (χ3n) is 6.33. The highest BCUT2D eigenvalue weighted by atomic mass is 16.5. The molecule has 0 aliphatic carbocycles. The fourth-order valence-corrected chi connectivity index (χ4v) is 3.86. The second-order valence-corrected chi connectivity index (χ2v) is 10.1. The van der Waals surface area contributed by atoms with E-state index in [9.17, 15) is 9.59 Å². The number of rotatable bonds is 21. The van der Waals surface area contributed by atoms with Gasteiger partial charge in [-0.25, -0.2) is 9.59 Å². The van der Waals surface area contributed by atoms with E-state index >= 15 is 0 Å². The van der Waals surface area contributed by atoms with Crippen molar-refractivity contribution in [3.05, 3.63) is 84.0 Å². The number of carbonyl (C=O) groups is 2. The van der Waals surface area contributed by atoms with Gasteiger partial charge in [-0.1, -0.05) is 37.4 Å². The van der Waals surface area contributed by atoms with Gasteiger partial charge in [-0.15, -0.1) is 0 Å². The summed E-state index contributed by atoms with van der Waals surface area (Å²) in [5.74, 6) is 1.16. The van der Waals surface area contributed by atoms with E-state index in [0.717, 1.165) is 75.7 Å². The molecule has 0 fully saturated rings. The predicted octanol–water partition coefficient (Wildman–Crippen LogP) is 7.59. The van der Waals surface area contributed by atoms with Crippen molar-refractivity contribution in [1.82, 2.24) is 0 Å². The van der Waals surface area contributed by atoms with E-state index in [2.05, 4.69) is 37.4 Å². The van der Waals surface area contributed by atoms with Crippen molar-refractivity contribution in [2.75, 3.05) is 26.4 Å². The van der Waals surface area contributed by atoms with Crippen LogP contribution in [0.2, 0.25) is 0 Å². The number of aryl methyl sites for hydroxylation is 2. The molecule has 0 atom stereocenters. The van der Waals surface area contributed by atoms with Gasteiger partial charge >= 0.3 is 11.9 Å². The quantitative estimate of drug-likeness (QED) is 0.0906. The highest BCUT2D eigenvalue weighted by Gasteiger charge is 2.04. The fourth-order valence-electron chi connectivity index (χ4n) is 3.86. The minimum absolute atomic E-state index is 0.313. The molecule has 0 aliphatic rings. The molecule has 0 aromatic heterocycles. The topological polar surface area (TPSA) is 71.1 Å². The largest absolute Gasteiger partial charge is 0.494 e. The van der Waals surface area contributed by atoms with Crippen molar-refractivity contribution in [2.24, 2.45) is 0 Å². The average molecular weight is 551 g/mol. The van der Waals surface area contributed by atoms with Gasteiger partial charge in [0.1, 0.15) is 11.5 Å². The molecule has 2 aromatic carbocycles. The van der Waals surface area contributed by atoms with Gasteiger partial charge in [0.25, 0.3) is 0 Å². The Hall–Kier alpha value is -3.54. The van der Waals surface area contributed by atoms with E-state index in [4.69, 9.17) is 18.9 Å². The first-order valence-electron chi connectivity index (χ1n) is 14.4. The SMILES string of the molecule is C=C(C)C(=O)OCCCCCCOc1ccc(CCc2ccc(OCCCCCCOC(=O)C(=C)C)cc2)cc1. The van der Waals surface area contributed by atoms with Gasteiger partial charge in [0.2, 0.25) is 0 Å². The van der Waals surface area contributed by atoms with Crippen molar-refractivity contribution in [2.45, 2.75) is 78.1 Å². The van der Waals surface area contributed by atoms with E-state index < -0.39 is 0 Å². The van der Waals surface area contributed by atoms with Crippen LogP contribution >= 0.6 is 0 Å². The normalized spacial score (nSPS) is 10.6. The molecule has 0 radical (unpaired) electrons. The van der Waals surface area contributed by atoms with Crippen LogP contribution in [0.25, 0.3) is 0 Å². The summed E-state index contributed by atoms with van der Waals surface area (Å²) < 4.78 is 21.9. The van der Waals surface area contributed by atoms with Gasteiger partial charge in [0.05, 0.1) is 26.4 Å². The van der Waals surface area contributed by atoms with Crippen LogP contribution in [-0.4, -0.2) is 38.4 Å². The lowest BCUT2D eigenvalue weighted by atomic mass is 10.0. The lowest BCUT2D eigenvalue weighted by Gasteiger charge is -2.09. The van der Waals surface area contributed by atoms with Crippen LogP contribution in [-0.2, 0) is 31.9 Å². The first-order chi connectivity index (χ1) is 19.3. The molecule has 218 valence electrons. The van der Waals surface area contributed by atoms with Gasteiger partial charge in [-0.3, -0.25) is 0 Å². The number of esters is 2. The molecule has 40 heavy (non-hydrogen) atoms.